The lowest BCUT2D eigenvalue weighted by atomic mass is 9.91. The van der Waals surface area contributed by atoms with E-state index in [2.05, 4.69) is 0 Å². The minimum absolute atomic E-state index is 0.00501. The van der Waals surface area contributed by atoms with Crippen LogP contribution in [-0.4, -0.2) is 57.2 Å². The van der Waals surface area contributed by atoms with Crippen LogP contribution in [0.3, 0.4) is 0 Å². The quantitative estimate of drug-likeness (QED) is 0.527. The molecule has 4 atom stereocenters. The molecule has 18 heavy (non-hydrogen) atoms. The average Bonchev–Trinajstić information content (AvgIpc) is 2.40. The first-order valence-electron chi connectivity index (χ1n) is 6.79. The summed E-state index contributed by atoms with van der Waals surface area (Å²) in [6, 6.07) is 0. The molecule has 5 heteroatoms. The Kier molecular flexibility index (Phi) is 6.18. The minimum Gasteiger partial charge on any atom is -0.382 e. The van der Waals surface area contributed by atoms with Gasteiger partial charge in [-0.25, -0.2) is 0 Å². The molecule has 0 spiro atoms. The average molecular weight is 279 g/mol. The van der Waals surface area contributed by atoms with E-state index in [1.165, 1.54) is 12.8 Å². The Bertz CT molecular complexity index is 233. The second-order valence-corrected chi connectivity index (χ2v) is 5.50. The van der Waals surface area contributed by atoms with Crippen molar-refractivity contribution in [2.45, 2.75) is 49.4 Å². The van der Waals surface area contributed by atoms with Crippen molar-refractivity contribution in [1.82, 2.24) is 0 Å². The van der Waals surface area contributed by atoms with Gasteiger partial charge >= 0.3 is 0 Å². The molecule has 0 aromatic heterocycles. The normalized spacial score (nSPS) is 36.3. The summed E-state index contributed by atoms with van der Waals surface area (Å²) < 4.78 is 22.1. The lowest BCUT2D eigenvalue weighted by Crippen LogP contribution is -2.52. The smallest absolute Gasteiger partial charge is 0.100 e. The van der Waals surface area contributed by atoms with Crippen LogP contribution in [0.5, 0.6) is 0 Å². The van der Waals surface area contributed by atoms with Crippen LogP contribution in [0.2, 0.25) is 0 Å². The molecular weight excluding hydrogens is 256 g/mol. The molecule has 2 rings (SSSR count). The van der Waals surface area contributed by atoms with Gasteiger partial charge in [0.05, 0.1) is 37.4 Å². The van der Waals surface area contributed by atoms with Gasteiger partial charge in [0, 0.05) is 13.7 Å². The van der Waals surface area contributed by atoms with Crippen LogP contribution in [0.25, 0.3) is 0 Å². The molecule has 106 valence electrons. The predicted molar refractivity (Wildman–Crippen MR) is 69.2 cm³/mol. The standard InChI is InChI=1S/C13H23ClO4/c1-15-6-7-17-13-11(14)8-12(13)18-9-10-4-2-3-5-16-10/h10-13H,2-9H2,1H3. The highest BCUT2D eigenvalue weighted by Crippen LogP contribution is 2.32. The van der Waals surface area contributed by atoms with Gasteiger partial charge in [-0.15, -0.1) is 11.6 Å². The van der Waals surface area contributed by atoms with Crippen molar-refractivity contribution in [3.8, 4) is 0 Å². The highest BCUT2D eigenvalue weighted by Gasteiger charge is 2.42. The summed E-state index contributed by atoms with van der Waals surface area (Å²) in [5, 5.41) is 0.0686. The molecule has 2 fully saturated rings. The van der Waals surface area contributed by atoms with Crippen molar-refractivity contribution >= 4 is 11.6 Å². The lowest BCUT2D eigenvalue weighted by Gasteiger charge is -2.41. The molecule has 0 radical (unpaired) electrons. The summed E-state index contributed by atoms with van der Waals surface area (Å²) in [6.07, 6.45) is 4.77. The van der Waals surface area contributed by atoms with Gasteiger partial charge in [-0.2, -0.15) is 0 Å². The van der Waals surface area contributed by atoms with Crippen molar-refractivity contribution in [3.63, 3.8) is 0 Å². The minimum atomic E-state index is 0.00501. The van der Waals surface area contributed by atoms with E-state index in [0.717, 1.165) is 19.4 Å². The lowest BCUT2D eigenvalue weighted by molar-refractivity contribution is -0.151. The topological polar surface area (TPSA) is 36.9 Å². The molecule has 0 bridgehead atoms. The van der Waals surface area contributed by atoms with Crippen LogP contribution >= 0.6 is 11.6 Å². The van der Waals surface area contributed by atoms with E-state index in [-0.39, 0.29) is 23.7 Å². The Morgan fingerprint density at radius 1 is 1.22 bits per heavy atom. The first-order chi connectivity index (χ1) is 8.81. The number of methoxy groups -OCH3 is 1. The Morgan fingerprint density at radius 3 is 2.78 bits per heavy atom. The van der Waals surface area contributed by atoms with Crippen LogP contribution in [0.15, 0.2) is 0 Å². The maximum absolute atomic E-state index is 6.13. The summed E-state index contributed by atoms with van der Waals surface area (Å²) in [7, 11) is 1.66. The maximum Gasteiger partial charge on any atom is 0.100 e. The zero-order valence-electron chi connectivity index (χ0n) is 11.0. The molecular formula is C13H23ClO4. The van der Waals surface area contributed by atoms with E-state index in [9.17, 15) is 0 Å². The number of ether oxygens (including phenoxy) is 4. The van der Waals surface area contributed by atoms with E-state index in [0.29, 0.717) is 19.8 Å². The largest absolute Gasteiger partial charge is 0.382 e. The molecule has 0 amide bonds. The second kappa shape index (κ2) is 7.65. The zero-order valence-corrected chi connectivity index (χ0v) is 11.7. The molecule has 0 aromatic rings. The van der Waals surface area contributed by atoms with Gasteiger partial charge in [-0.1, -0.05) is 0 Å². The SMILES string of the molecule is COCCOC1C(Cl)CC1OCC1CCCCO1. The van der Waals surface area contributed by atoms with Gasteiger partial charge in [0.1, 0.15) is 6.10 Å². The number of halogens is 1. The molecule has 0 aromatic carbocycles. The molecule has 1 aliphatic carbocycles. The first kappa shape index (κ1) is 14.5. The van der Waals surface area contributed by atoms with Crippen LogP contribution in [0, 0.1) is 0 Å². The third-order valence-electron chi connectivity index (χ3n) is 3.55. The van der Waals surface area contributed by atoms with Crippen LogP contribution in [-0.2, 0) is 18.9 Å². The summed E-state index contributed by atoms with van der Waals surface area (Å²) in [4.78, 5) is 0. The highest BCUT2D eigenvalue weighted by atomic mass is 35.5. The third-order valence-corrected chi connectivity index (χ3v) is 3.97. The molecule has 2 aliphatic rings. The Morgan fingerprint density at radius 2 is 2.11 bits per heavy atom. The number of hydrogen-bond acceptors (Lipinski definition) is 4. The van der Waals surface area contributed by atoms with Crippen molar-refractivity contribution < 1.29 is 18.9 Å². The third kappa shape index (κ3) is 4.07. The fraction of sp³-hybridized carbons (Fsp3) is 1.00. The van der Waals surface area contributed by atoms with E-state index in [1.807, 2.05) is 0 Å². The van der Waals surface area contributed by atoms with Gasteiger partial charge in [-0.05, 0) is 25.7 Å². The molecule has 1 aliphatic heterocycles. The number of alkyl halides is 1. The molecule has 1 heterocycles. The van der Waals surface area contributed by atoms with Gasteiger partial charge in [-0.3, -0.25) is 0 Å². The Labute approximate surface area is 114 Å². The molecule has 1 saturated carbocycles. The fourth-order valence-electron chi connectivity index (χ4n) is 2.34. The van der Waals surface area contributed by atoms with Gasteiger partial charge in [0.2, 0.25) is 0 Å². The summed E-state index contributed by atoms with van der Waals surface area (Å²) in [5.74, 6) is 0. The van der Waals surface area contributed by atoms with E-state index in [4.69, 9.17) is 30.5 Å². The zero-order chi connectivity index (χ0) is 12.8. The monoisotopic (exact) mass is 278 g/mol. The molecule has 4 unspecified atom stereocenters. The van der Waals surface area contributed by atoms with Crippen LogP contribution < -0.4 is 0 Å². The maximum atomic E-state index is 6.13. The van der Waals surface area contributed by atoms with Gasteiger partial charge in [0.15, 0.2) is 0 Å². The van der Waals surface area contributed by atoms with Crippen molar-refractivity contribution in [2.24, 2.45) is 0 Å². The van der Waals surface area contributed by atoms with E-state index < -0.39 is 0 Å². The highest BCUT2D eigenvalue weighted by molar-refractivity contribution is 6.21. The molecule has 4 nitrogen and oxygen atoms in total. The molecule has 0 N–H and O–H groups in total. The van der Waals surface area contributed by atoms with Crippen LogP contribution in [0.4, 0.5) is 0 Å². The summed E-state index contributed by atoms with van der Waals surface area (Å²) >= 11 is 6.13. The predicted octanol–water partition coefficient (Wildman–Crippen LogP) is 1.98. The van der Waals surface area contributed by atoms with Crippen LogP contribution in [0.1, 0.15) is 25.7 Å². The van der Waals surface area contributed by atoms with Crippen molar-refractivity contribution in [3.05, 3.63) is 0 Å². The Hall–Kier alpha value is 0.130. The number of rotatable bonds is 7. The van der Waals surface area contributed by atoms with E-state index in [1.54, 1.807) is 7.11 Å². The second-order valence-electron chi connectivity index (χ2n) is 4.94. The van der Waals surface area contributed by atoms with Crippen molar-refractivity contribution in [2.75, 3.05) is 33.5 Å². The Balaban J connectivity index is 1.62. The fourth-order valence-corrected chi connectivity index (χ4v) is 2.75. The van der Waals surface area contributed by atoms with Gasteiger partial charge in [0.25, 0.3) is 0 Å². The number of hydrogen-bond donors (Lipinski definition) is 0. The molecule has 1 saturated heterocycles. The summed E-state index contributed by atoms with van der Waals surface area (Å²) in [6.45, 7) is 2.70. The van der Waals surface area contributed by atoms with Crippen molar-refractivity contribution in [1.29, 1.82) is 0 Å². The van der Waals surface area contributed by atoms with E-state index >= 15 is 0 Å². The summed E-state index contributed by atoms with van der Waals surface area (Å²) in [5.41, 5.74) is 0. The van der Waals surface area contributed by atoms with Gasteiger partial charge < -0.3 is 18.9 Å². The first-order valence-corrected chi connectivity index (χ1v) is 7.22.